The standard InChI is InChI=1S/C20H24N4O2.2ClH/c21-13-14-8-10-24(11-9-14)18-12-15(6-7-17(18)19(22)25)20(26)23-16-4-2-1-3-5-16;;/h1-7,12,14H,8-11,13,21H2,(H2,22,25)(H,23,26);2*1H. The smallest absolute Gasteiger partial charge is 0.255 e. The van der Waals surface area contributed by atoms with Gasteiger partial charge in [-0.15, -0.1) is 24.8 Å². The molecule has 0 unspecified atom stereocenters. The fourth-order valence-corrected chi connectivity index (χ4v) is 3.28. The summed E-state index contributed by atoms with van der Waals surface area (Å²) in [7, 11) is 0. The number of nitrogens with zero attached hydrogens (tertiary/aromatic N) is 1. The molecule has 28 heavy (non-hydrogen) atoms. The number of para-hydroxylation sites is 1. The van der Waals surface area contributed by atoms with Crippen LogP contribution in [0.1, 0.15) is 33.6 Å². The minimum absolute atomic E-state index is 0. The summed E-state index contributed by atoms with van der Waals surface area (Å²) in [5.41, 5.74) is 13.7. The van der Waals surface area contributed by atoms with Gasteiger partial charge in [0.15, 0.2) is 0 Å². The van der Waals surface area contributed by atoms with Gasteiger partial charge in [0.1, 0.15) is 0 Å². The van der Waals surface area contributed by atoms with Crippen LogP contribution in [-0.4, -0.2) is 31.4 Å². The summed E-state index contributed by atoms with van der Waals surface area (Å²) in [6.45, 7) is 2.27. The molecule has 6 nitrogen and oxygen atoms in total. The van der Waals surface area contributed by atoms with Crippen LogP contribution >= 0.6 is 24.8 Å². The van der Waals surface area contributed by atoms with Gasteiger partial charge >= 0.3 is 0 Å². The molecule has 0 spiro atoms. The number of rotatable bonds is 5. The van der Waals surface area contributed by atoms with E-state index in [1.807, 2.05) is 30.3 Å². The number of primary amides is 1. The fraction of sp³-hybridized carbons (Fsp3) is 0.300. The molecule has 1 aliphatic heterocycles. The first-order chi connectivity index (χ1) is 12.6. The summed E-state index contributed by atoms with van der Waals surface area (Å²) >= 11 is 0. The van der Waals surface area contributed by atoms with Crippen LogP contribution in [0.5, 0.6) is 0 Å². The van der Waals surface area contributed by atoms with Crippen molar-refractivity contribution in [3.8, 4) is 0 Å². The molecule has 152 valence electrons. The van der Waals surface area contributed by atoms with Crippen molar-refractivity contribution in [2.24, 2.45) is 17.4 Å². The molecule has 2 aromatic carbocycles. The minimum atomic E-state index is -0.490. The maximum Gasteiger partial charge on any atom is 0.255 e. The van der Waals surface area contributed by atoms with Crippen LogP contribution in [0, 0.1) is 5.92 Å². The highest BCUT2D eigenvalue weighted by molar-refractivity contribution is 6.07. The van der Waals surface area contributed by atoms with Crippen molar-refractivity contribution in [1.82, 2.24) is 0 Å². The van der Waals surface area contributed by atoms with Gasteiger partial charge in [0.25, 0.3) is 11.8 Å². The highest BCUT2D eigenvalue weighted by Crippen LogP contribution is 2.27. The van der Waals surface area contributed by atoms with Crippen molar-refractivity contribution < 1.29 is 9.59 Å². The number of nitrogens with two attached hydrogens (primary N) is 2. The summed E-state index contributed by atoms with van der Waals surface area (Å²) in [5.74, 6) is -0.200. The van der Waals surface area contributed by atoms with Crippen molar-refractivity contribution in [1.29, 1.82) is 0 Å². The topological polar surface area (TPSA) is 101 Å². The lowest BCUT2D eigenvalue weighted by molar-refractivity contribution is 0.0995. The van der Waals surface area contributed by atoms with E-state index in [1.165, 1.54) is 0 Å². The quantitative estimate of drug-likeness (QED) is 0.685. The van der Waals surface area contributed by atoms with Crippen LogP contribution in [0.3, 0.4) is 0 Å². The maximum atomic E-state index is 12.6. The van der Waals surface area contributed by atoms with E-state index in [2.05, 4.69) is 10.2 Å². The molecular formula is C20H26Cl2N4O2. The first kappa shape index (κ1) is 23.8. The zero-order chi connectivity index (χ0) is 18.5. The number of benzene rings is 2. The van der Waals surface area contributed by atoms with E-state index in [0.29, 0.717) is 29.3 Å². The van der Waals surface area contributed by atoms with Crippen molar-refractivity contribution in [2.45, 2.75) is 12.8 Å². The van der Waals surface area contributed by atoms with Crippen LogP contribution in [0.4, 0.5) is 11.4 Å². The Morgan fingerprint density at radius 1 is 1.04 bits per heavy atom. The Labute approximate surface area is 177 Å². The zero-order valence-electron chi connectivity index (χ0n) is 15.5. The highest BCUT2D eigenvalue weighted by Gasteiger charge is 2.22. The van der Waals surface area contributed by atoms with Crippen LogP contribution in [0.15, 0.2) is 48.5 Å². The molecule has 0 aliphatic carbocycles. The molecule has 3 rings (SSSR count). The molecule has 1 heterocycles. The molecule has 0 aromatic heterocycles. The van der Waals surface area contributed by atoms with Gasteiger partial charge in [0, 0.05) is 24.3 Å². The summed E-state index contributed by atoms with van der Waals surface area (Å²) in [6.07, 6.45) is 1.93. The molecule has 2 amide bonds. The third-order valence-corrected chi connectivity index (χ3v) is 4.85. The third kappa shape index (κ3) is 5.61. The maximum absolute atomic E-state index is 12.6. The zero-order valence-corrected chi connectivity index (χ0v) is 17.1. The first-order valence-electron chi connectivity index (χ1n) is 8.83. The number of hydrogen-bond acceptors (Lipinski definition) is 4. The molecule has 0 radical (unpaired) electrons. The second kappa shape index (κ2) is 10.9. The summed E-state index contributed by atoms with van der Waals surface area (Å²) in [6, 6.07) is 14.3. The van der Waals surface area contributed by atoms with Gasteiger partial charge in [-0.3, -0.25) is 9.59 Å². The number of hydrogen-bond donors (Lipinski definition) is 3. The monoisotopic (exact) mass is 424 g/mol. The van der Waals surface area contributed by atoms with Gasteiger partial charge < -0.3 is 21.7 Å². The van der Waals surface area contributed by atoms with Crippen LogP contribution in [0.2, 0.25) is 0 Å². The molecule has 0 atom stereocenters. The average molecular weight is 425 g/mol. The number of piperidine rings is 1. The normalized spacial score (nSPS) is 13.8. The van der Waals surface area contributed by atoms with Gasteiger partial charge in [0.2, 0.25) is 0 Å². The number of anilines is 2. The van der Waals surface area contributed by atoms with Crippen LogP contribution < -0.4 is 21.7 Å². The van der Waals surface area contributed by atoms with E-state index in [0.717, 1.165) is 31.6 Å². The fourth-order valence-electron chi connectivity index (χ4n) is 3.28. The third-order valence-electron chi connectivity index (χ3n) is 4.85. The van der Waals surface area contributed by atoms with Gasteiger partial charge in [-0.2, -0.15) is 0 Å². The van der Waals surface area contributed by atoms with E-state index in [9.17, 15) is 9.59 Å². The average Bonchev–Trinajstić information content (AvgIpc) is 2.68. The van der Waals surface area contributed by atoms with Gasteiger partial charge in [-0.1, -0.05) is 18.2 Å². The SMILES string of the molecule is Cl.Cl.NCC1CCN(c2cc(C(=O)Nc3ccccc3)ccc2C(N)=O)CC1. The Balaban J connectivity index is 0.00000196. The summed E-state index contributed by atoms with van der Waals surface area (Å²) in [4.78, 5) is 26.5. The molecule has 1 aliphatic rings. The van der Waals surface area contributed by atoms with E-state index >= 15 is 0 Å². The Morgan fingerprint density at radius 3 is 2.25 bits per heavy atom. The van der Waals surface area contributed by atoms with Crippen LogP contribution in [-0.2, 0) is 0 Å². The minimum Gasteiger partial charge on any atom is -0.371 e. The molecular weight excluding hydrogens is 399 g/mol. The molecule has 0 bridgehead atoms. The molecule has 8 heteroatoms. The second-order valence-electron chi connectivity index (χ2n) is 6.58. The van der Waals surface area contributed by atoms with Crippen molar-refractivity contribution in [2.75, 3.05) is 29.9 Å². The van der Waals surface area contributed by atoms with Gasteiger partial charge in [0.05, 0.1) is 11.3 Å². The number of amides is 2. The second-order valence-corrected chi connectivity index (χ2v) is 6.58. The lowest BCUT2D eigenvalue weighted by Gasteiger charge is -2.34. The molecule has 1 fully saturated rings. The van der Waals surface area contributed by atoms with E-state index in [-0.39, 0.29) is 30.7 Å². The lowest BCUT2D eigenvalue weighted by Crippen LogP contribution is -2.37. The Morgan fingerprint density at radius 2 is 1.68 bits per heavy atom. The number of carbonyl (C=O) groups excluding carboxylic acids is 2. The summed E-state index contributed by atoms with van der Waals surface area (Å²) in [5, 5.41) is 2.86. The predicted molar refractivity (Wildman–Crippen MR) is 118 cm³/mol. The summed E-state index contributed by atoms with van der Waals surface area (Å²) < 4.78 is 0. The number of nitrogens with one attached hydrogen (secondary N) is 1. The molecule has 0 saturated carbocycles. The van der Waals surface area contributed by atoms with Crippen molar-refractivity contribution >= 4 is 48.0 Å². The van der Waals surface area contributed by atoms with Gasteiger partial charge in [-0.05, 0) is 55.6 Å². The molecule has 1 saturated heterocycles. The highest BCUT2D eigenvalue weighted by atomic mass is 35.5. The number of carbonyl (C=O) groups is 2. The van der Waals surface area contributed by atoms with Crippen molar-refractivity contribution in [3.63, 3.8) is 0 Å². The molecule has 5 N–H and O–H groups in total. The lowest BCUT2D eigenvalue weighted by atomic mass is 9.95. The predicted octanol–water partition coefficient (Wildman–Crippen LogP) is 3.06. The van der Waals surface area contributed by atoms with E-state index in [1.54, 1.807) is 18.2 Å². The Kier molecular flexibility index (Phi) is 9.25. The largest absolute Gasteiger partial charge is 0.371 e. The van der Waals surface area contributed by atoms with E-state index < -0.39 is 5.91 Å². The van der Waals surface area contributed by atoms with Gasteiger partial charge in [-0.25, -0.2) is 0 Å². The van der Waals surface area contributed by atoms with Crippen LogP contribution in [0.25, 0.3) is 0 Å². The Hall–Kier alpha value is -2.28. The Bertz CT molecular complexity index is 794. The number of halogens is 2. The molecule has 2 aromatic rings. The van der Waals surface area contributed by atoms with E-state index in [4.69, 9.17) is 11.5 Å². The van der Waals surface area contributed by atoms with Crippen molar-refractivity contribution in [3.05, 3.63) is 59.7 Å². The first-order valence-corrected chi connectivity index (χ1v) is 8.83.